The zero-order valence-electron chi connectivity index (χ0n) is 18.6. The fourth-order valence-corrected chi connectivity index (χ4v) is 3.32. The molecule has 0 atom stereocenters. The average Bonchev–Trinajstić information content (AvgIpc) is 2.82. The van der Waals surface area contributed by atoms with Crippen LogP contribution in [0, 0.1) is 0 Å². The van der Waals surface area contributed by atoms with E-state index in [4.69, 9.17) is 4.74 Å². The van der Waals surface area contributed by atoms with Crippen molar-refractivity contribution in [3.63, 3.8) is 0 Å². The van der Waals surface area contributed by atoms with E-state index in [9.17, 15) is 66.3 Å². The first-order chi connectivity index (χ1) is 17.5. The summed E-state index contributed by atoms with van der Waals surface area (Å²) >= 11 is 0. The third-order valence-corrected chi connectivity index (χ3v) is 5.51. The highest BCUT2D eigenvalue weighted by Gasteiger charge is 2.99. The minimum Gasteiger partial charge on any atom is -0.497 e. The Hall–Kier alpha value is -3.31. The second-order valence-electron chi connectivity index (χ2n) is 7.90. The Bertz CT molecular complexity index is 1200. The lowest BCUT2D eigenvalue weighted by atomic mass is 9.92. The van der Waals surface area contributed by atoms with E-state index in [0.717, 1.165) is 12.1 Å². The van der Waals surface area contributed by atoms with Crippen molar-refractivity contribution in [2.24, 2.45) is 0 Å². The van der Waals surface area contributed by atoms with Gasteiger partial charge in [-0.25, -0.2) is 4.79 Å². The van der Waals surface area contributed by atoms with Crippen molar-refractivity contribution < 1.29 is 75.7 Å². The molecule has 3 rings (SSSR count). The Kier molecular flexibility index (Phi) is 6.86. The van der Waals surface area contributed by atoms with Crippen molar-refractivity contribution in [3.05, 3.63) is 48.5 Å². The molecule has 0 spiro atoms. The molecule has 0 aliphatic carbocycles. The van der Waals surface area contributed by atoms with Gasteiger partial charge in [-0.05, 0) is 35.4 Å². The summed E-state index contributed by atoms with van der Waals surface area (Å²) in [6, 6.07) is -13.8. The number of nitrogens with zero attached hydrogens (tertiary/aromatic N) is 1. The Morgan fingerprint density at radius 1 is 0.641 bits per heavy atom. The summed E-state index contributed by atoms with van der Waals surface area (Å²) in [5, 5.41) is 0. The predicted octanol–water partition coefficient (Wildman–Crippen LogP) is 6.90. The minimum atomic E-state index is -7.76. The van der Waals surface area contributed by atoms with Crippen LogP contribution in [0.2, 0.25) is 0 Å². The van der Waals surface area contributed by atoms with Crippen molar-refractivity contribution in [1.29, 1.82) is 0 Å². The highest BCUT2D eigenvalue weighted by molar-refractivity contribution is 5.81. The third-order valence-electron chi connectivity index (χ3n) is 5.51. The monoisotopic (exact) mass is 591 g/mol. The molecule has 4 nitrogen and oxygen atoms in total. The second kappa shape index (κ2) is 8.85. The fraction of sp³-hybridized carbons (Fsp3) is 0.381. The van der Waals surface area contributed by atoms with E-state index >= 15 is 0 Å². The molecule has 18 heteroatoms. The molecular weight excluding hydrogens is 580 g/mol. The first-order valence-electron chi connectivity index (χ1n) is 9.93. The molecule has 0 radical (unpaired) electrons. The number of halogens is 14. The van der Waals surface area contributed by atoms with Gasteiger partial charge in [0.1, 0.15) is 11.5 Å². The smallest absolute Gasteiger partial charge is 0.419 e. The number of hydrogen-bond acceptors (Lipinski definition) is 4. The molecule has 216 valence electrons. The van der Waals surface area contributed by atoms with Crippen LogP contribution in [0.3, 0.4) is 0 Å². The lowest BCUT2D eigenvalue weighted by Crippen LogP contribution is -2.86. The van der Waals surface area contributed by atoms with Crippen LogP contribution in [0.25, 0.3) is 11.1 Å². The Morgan fingerprint density at radius 3 is 1.36 bits per heavy atom. The van der Waals surface area contributed by atoms with Gasteiger partial charge in [-0.15, -0.1) is 4.90 Å². The first kappa shape index (κ1) is 30.2. The van der Waals surface area contributed by atoms with Crippen molar-refractivity contribution in [3.8, 4) is 22.6 Å². The van der Waals surface area contributed by atoms with Gasteiger partial charge in [0.15, 0.2) is 0 Å². The molecule has 1 aliphatic heterocycles. The van der Waals surface area contributed by atoms with Gasteiger partial charge in [-0.2, -0.15) is 61.5 Å². The van der Waals surface area contributed by atoms with Crippen molar-refractivity contribution in [1.82, 2.24) is 4.90 Å². The largest absolute Gasteiger partial charge is 0.497 e. The molecule has 0 N–H and O–H groups in total. The molecular formula is C21H11F14NO3. The van der Waals surface area contributed by atoms with E-state index in [1.807, 2.05) is 0 Å². The van der Waals surface area contributed by atoms with E-state index in [2.05, 4.69) is 4.74 Å². The van der Waals surface area contributed by atoms with Crippen LogP contribution in [-0.2, 0) is 4.79 Å². The summed E-state index contributed by atoms with van der Waals surface area (Å²) in [5.74, 6) is -34.5. The van der Waals surface area contributed by atoms with Crippen molar-refractivity contribution in [2.45, 2.75) is 41.8 Å². The molecule has 1 fully saturated rings. The summed E-state index contributed by atoms with van der Waals surface area (Å²) in [6.07, 6.45) is 0. The average molecular weight is 591 g/mol. The second-order valence-corrected chi connectivity index (χ2v) is 7.90. The SMILES string of the molecule is COc1ccc(-c2ccc(OC(=O)C(F)(F)C(F)(F)N3C(F)(F)C(F)(F)C(F)(F)C(F)(F)C3(F)F)cc2)cc1. The van der Waals surface area contributed by atoms with Crippen molar-refractivity contribution in [2.75, 3.05) is 7.11 Å². The number of benzene rings is 2. The number of carbonyl (C=O) groups is 1. The summed E-state index contributed by atoms with van der Waals surface area (Å²) in [5.41, 5.74) is 0.728. The topological polar surface area (TPSA) is 38.8 Å². The van der Waals surface area contributed by atoms with Gasteiger partial charge in [0.05, 0.1) is 7.11 Å². The fourth-order valence-electron chi connectivity index (χ4n) is 3.32. The maximum Gasteiger partial charge on any atom is 0.419 e. The molecule has 39 heavy (non-hydrogen) atoms. The van der Waals surface area contributed by atoms with E-state index in [1.165, 1.54) is 31.4 Å². The molecule has 0 saturated carbocycles. The normalized spacial score (nSPS) is 21.7. The van der Waals surface area contributed by atoms with Gasteiger partial charge >= 0.3 is 47.8 Å². The van der Waals surface area contributed by atoms with Gasteiger partial charge in [0.2, 0.25) is 0 Å². The van der Waals surface area contributed by atoms with Crippen molar-refractivity contribution >= 4 is 5.97 Å². The molecule has 1 aliphatic rings. The number of rotatable bonds is 6. The first-order valence-corrected chi connectivity index (χ1v) is 9.93. The molecule has 2 aromatic rings. The number of piperidine rings is 1. The molecule has 0 amide bonds. The van der Waals surface area contributed by atoms with Crippen LogP contribution >= 0.6 is 0 Å². The minimum absolute atomic E-state index is 0.285. The highest BCUT2D eigenvalue weighted by atomic mass is 19.4. The molecule has 2 aromatic carbocycles. The predicted molar refractivity (Wildman–Crippen MR) is 101 cm³/mol. The number of esters is 1. The number of hydrogen-bond donors (Lipinski definition) is 0. The van der Waals surface area contributed by atoms with E-state index in [1.54, 1.807) is 0 Å². The Morgan fingerprint density at radius 2 is 1.00 bits per heavy atom. The Labute approximate surface area is 207 Å². The van der Waals surface area contributed by atoms with Gasteiger partial charge in [0, 0.05) is 0 Å². The molecule has 1 saturated heterocycles. The number of alkyl halides is 14. The number of methoxy groups -OCH3 is 1. The number of carbonyl (C=O) groups excluding carboxylic acids is 1. The van der Waals surface area contributed by atoms with Crippen LogP contribution in [-0.4, -0.2) is 59.8 Å². The molecule has 0 bridgehead atoms. The Balaban J connectivity index is 1.95. The molecule has 0 unspecified atom stereocenters. The van der Waals surface area contributed by atoms with Crippen LogP contribution < -0.4 is 9.47 Å². The van der Waals surface area contributed by atoms with E-state index < -0.39 is 58.4 Å². The highest BCUT2D eigenvalue weighted by Crippen LogP contribution is 2.67. The van der Waals surface area contributed by atoms with Crippen LogP contribution in [0.15, 0.2) is 48.5 Å². The lowest BCUT2D eigenvalue weighted by Gasteiger charge is -2.53. The van der Waals surface area contributed by atoms with Gasteiger partial charge in [0.25, 0.3) is 0 Å². The maximum absolute atomic E-state index is 14.3. The third kappa shape index (κ3) is 4.05. The summed E-state index contributed by atoms with van der Waals surface area (Å²) in [6.45, 7) is 0. The lowest BCUT2D eigenvalue weighted by molar-refractivity contribution is -0.544. The molecule has 0 aromatic heterocycles. The standard InChI is InChI=1S/C21H11F14NO3/c1-38-12-6-2-10(3-7-12)11-4-8-13(9-5-11)39-14(37)15(22,23)19(30,31)36-20(32,33)17(26,27)16(24,25)18(28,29)21(36,34)35/h2-9H,1H3. The zero-order valence-corrected chi connectivity index (χ0v) is 18.6. The van der Waals surface area contributed by atoms with Crippen LogP contribution in [0.4, 0.5) is 61.5 Å². The quantitative estimate of drug-likeness (QED) is 0.159. The van der Waals surface area contributed by atoms with Crippen LogP contribution in [0.1, 0.15) is 0 Å². The van der Waals surface area contributed by atoms with Gasteiger partial charge in [-0.1, -0.05) is 24.3 Å². The van der Waals surface area contributed by atoms with E-state index in [0.29, 0.717) is 23.4 Å². The molecule has 1 heterocycles. The summed E-state index contributed by atoms with van der Waals surface area (Å²) in [7, 11) is 1.36. The maximum atomic E-state index is 14.3. The van der Waals surface area contributed by atoms with Crippen LogP contribution in [0.5, 0.6) is 11.5 Å². The summed E-state index contributed by atoms with van der Waals surface area (Å²) in [4.78, 5) is 7.62. The van der Waals surface area contributed by atoms with E-state index in [-0.39, 0.29) is 5.56 Å². The summed E-state index contributed by atoms with van der Waals surface area (Å²) < 4.78 is 202. The number of likely N-dealkylation sites (tertiary alicyclic amines) is 1. The number of ether oxygens (including phenoxy) is 2. The van der Waals surface area contributed by atoms with Gasteiger partial charge in [-0.3, -0.25) is 0 Å². The van der Waals surface area contributed by atoms with Gasteiger partial charge < -0.3 is 9.47 Å². The zero-order chi connectivity index (χ0) is 30.0.